The second-order valence-corrected chi connectivity index (χ2v) is 2.12. The molecule has 10 heavy (non-hydrogen) atoms. The molecular weight excluding hydrogens is 132 g/mol. The summed E-state index contributed by atoms with van der Waals surface area (Å²) < 4.78 is 4.94. The number of hydrogen-bond donors (Lipinski definition) is 2. The fourth-order valence-corrected chi connectivity index (χ4v) is 0.581. The normalized spacial score (nSPS) is 16.2. The van der Waals surface area contributed by atoms with Gasteiger partial charge < -0.3 is 14.9 Å². The van der Waals surface area contributed by atoms with E-state index in [1.165, 1.54) is 12.8 Å². The van der Waals surface area contributed by atoms with Gasteiger partial charge in [0.15, 0.2) is 0 Å². The molecule has 1 heterocycles. The smallest absolute Gasteiger partial charge is 0.0466 e. The van der Waals surface area contributed by atoms with Crippen molar-refractivity contribution in [3.05, 3.63) is 0 Å². The first-order valence-corrected chi connectivity index (χ1v) is 3.71. The lowest BCUT2D eigenvalue weighted by Gasteiger charge is -1.79. The third-order valence-corrected chi connectivity index (χ3v) is 1.14. The van der Waals surface area contributed by atoms with Crippen molar-refractivity contribution in [2.45, 2.75) is 19.3 Å². The van der Waals surface area contributed by atoms with Crippen LogP contribution in [0.5, 0.6) is 0 Å². The Kier molecular flexibility index (Phi) is 8.77. The van der Waals surface area contributed by atoms with E-state index in [0.717, 1.165) is 13.2 Å². The minimum atomic E-state index is 0.0938. The standard InChI is InChI=1S/C4H8O.C3H8O2/c1-2-4-5-3-1;4-2-1-3-5/h1-4H2;4-5H,1-3H2. The van der Waals surface area contributed by atoms with Crippen LogP contribution in [-0.4, -0.2) is 36.6 Å². The van der Waals surface area contributed by atoms with E-state index >= 15 is 0 Å². The van der Waals surface area contributed by atoms with E-state index in [-0.39, 0.29) is 13.2 Å². The second kappa shape index (κ2) is 8.88. The van der Waals surface area contributed by atoms with Gasteiger partial charge in [-0.15, -0.1) is 0 Å². The Labute approximate surface area is 61.6 Å². The predicted octanol–water partition coefficient (Wildman–Crippen LogP) is 0.158. The zero-order valence-electron chi connectivity index (χ0n) is 6.25. The fraction of sp³-hybridized carbons (Fsp3) is 1.00. The van der Waals surface area contributed by atoms with E-state index in [4.69, 9.17) is 14.9 Å². The van der Waals surface area contributed by atoms with Gasteiger partial charge in [0.25, 0.3) is 0 Å². The molecule has 0 bridgehead atoms. The van der Waals surface area contributed by atoms with E-state index < -0.39 is 0 Å². The monoisotopic (exact) mass is 148 g/mol. The molecular formula is C7H16O3. The summed E-state index contributed by atoms with van der Waals surface area (Å²) in [6, 6.07) is 0. The summed E-state index contributed by atoms with van der Waals surface area (Å²) in [5.74, 6) is 0. The molecule has 0 amide bonds. The molecule has 0 radical (unpaired) electrons. The summed E-state index contributed by atoms with van der Waals surface area (Å²) in [6.07, 6.45) is 3.06. The van der Waals surface area contributed by atoms with Gasteiger partial charge in [0, 0.05) is 26.4 Å². The van der Waals surface area contributed by atoms with Crippen LogP contribution in [0.4, 0.5) is 0 Å². The molecule has 1 aliphatic rings. The summed E-state index contributed by atoms with van der Waals surface area (Å²) >= 11 is 0. The van der Waals surface area contributed by atoms with Crippen molar-refractivity contribution in [1.29, 1.82) is 0 Å². The first kappa shape index (κ1) is 9.88. The number of aliphatic hydroxyl groups is 2. The van der Waals surface area contributed by atoms with Crippen LogP contribution in [0.2, 0.25) is 0 Å². The van der Waals surface area contributed by atoms with Gasteiger partial charge in [0.05, 0.1) is 0 Å². The highest BCUT2D eigenvalue weighted by Gasteiger charge is 1.94. The Bertz CT molecular complexity index is 43.2. The van der Waals surface area contributed by atoms with Crippen LogP contribution in [0, 0.1) is 0 Å². The molecule has 1 saturated heterocycles. The van der Waals surface area contributed by atoms with Crippen LogP contribution in [0.25, 0.3) is 0 Å². The van der Waals surface area contributed by atoms with Crippen LogP contribution in [0.3, 0.4) is 0 Å². The van der Waals surface area contributed by atoms with E-state index in [1.807, 2.05) is 0 Å². The van der Waals surface area contributed by atoms with Gasteiger partial charge in [0.1, 0.15) is 0 Å². The Morgan fingerprint density at radius 2 is 1.50 bits per heavy atom. The predicted molar refractivity (Wildman–Crippen MR) is 38.8 cm³/mol. The molecule has 0 saturated carbocycles. The molecule has 1 rings (SSSR count). The van der Waals surface area contributed by atoms with E-state index in [2.05, 4.69) is 0 Å². The minimum Gasteiger partial charge on any atom is -0.396 e. The zero-order valence-corrected chi connectivity index (χ0v) is 6.25. The summed E-state index contributed by atoms with van der Waals surface area (Å²) in [4.78, 5) is 0. The Morgan fingerprint density at radius 1 is 1.00 bits per heavy atom. The van der Waals surface area contributed by atoms with Crippen LogP contribution in [-0.2, 0) is 4.74 Å². The van der Waals surface area contributed by atoms with Gasteiger partial charge in [-0.1, -0.05) is 0 Å². The maximum absolute atomic E-state index is 7.91. The van der Waals surface area contributed by atoms with Crippen LogP contribution < -0.4 is 0 Å². The highest BCUT2D eigenvalue weighted by molar-refractivity contribution is 4.43. The lowest BCUT2D eigenvalue weighted by molar-refractivity contribution is 0.198. The molecule has 1 aliphatic heterocycles. The molecule has 3 heteroatoms. The van der Waals surface area contributed by atoms with Crippen LogP contribution in [0.15, 0.2) is 0 Å². The first-order chi connectivity index (χ1) is 4.91. The van der Waals surface area contributed by atoms with Gasteiger partial charge in [-0.3, -0.25) is 0 Å². The van der Waals surface area contributed by atoms with Gasteiger partial charge >= 0.3 is 0 Å². The summed E-state index contributed by atoms with van der Waals surface area (Å²) in [5, 5.41) is 15.8. The zero-order chi connectivity index (χ0) is 7.66. The largest absolute Gasteiger partial charge is 0.396 e. The minimum absolute atomic E-state index is 0.0938. The van der Waals surface area contributed by atoms with Crippen molar-refractivity contribution in [2.24, 2.45) is 0 Å². The van der Waals surface area contributed by atoms with Crippen molar-refractivity contribution >= 4 is 0 Å². The summed E-state index contributed by atoms with van der Waals surface area (Å²) in [5.41, 5.74) is 0. The van der Waals surface area contributed by atoms with Crippen molar-refractivity contribution < 1.29 is 14.9 Å². The SMILES string of the molecule is C1CCOC1.OCCCO. The van der Waals surface area contributed by atoms with Gasteiger partial charge in [-0.2, -0.15) is 0 Å². The quantitative estimate of drug-likeness (QED) is 0.586. The number of aliphatic hydroxyl groups excluding tert-OH is 2. The Balaban J connectivity index is 0.000000162. The van der Waals surface area contributed by atoms with Crippen molar-refractivity contribution in [1.82, 2.24) is 0 Å². The topological polar surface area (TPSA) is 49.7 Å². The van der Waals surface area contributed by atoms with Gasteiger partial charge in [0.2, 0.25) is 0 Å². The maximum Gasteiger partial charge on any atom is 0.0466 e. The van der Waals surface area contributed by atoms with Gasteiger partial charge in [-0.05, 0) is 19.3 Å². The van der Waals surface area contributed by atoms with E-state index in [1.54, 1.807) is 0 Å². The van der Waals surface area contributed by atoms with Crippen LogP contribution >= 0.6 is 0 Å². The molecule has 0 unspecified atom stereocenters. The molecule has 3 nitrogen and oxygen atoms in total. The first-order valence-electron chi connectivity index (χ1n) is 3.71. The lowest BCUT2D eigenvalue weighted by Crippen LogP contribution is -1.85. The molecule has 1 fully saturated rings. The maximum atomic E-state index is 7.91. The van der Waals surface area contributed by atoms with E-state index in [0.29, 0.717) is 6.42 Å². The molecule has 0 aromatic rings. The fourth-order valence-electron chi connectivity index (χ4n) is 0.581. The van der Waals surface area contributed by atoms with Crippen LogP contribution in [0.1, 0.15) is 19.3 Å². The highest BCUT2D eigenvalue weighted by Crippen LogP contribution is 1.98. The summed E-state index contributed by atoms with van der Waals surface area (Å²) in [6.45, 7) is 2.19. The molecule has 0 aliphatic carbocycles. The molecule has 0 atom stereocenters. The lowest BCUT2D eigenvalue weighted by atomic mass is 10.4. The molecule has 62 valence electrons. The van der Waals surface area contributed by atoms with Crippen molar-refractivity contribution in [3.63, 3.8) is 0 Å². The van der Waals surface area contributed by atoms with Gasteiger partial charge in [-0.25, -0.2) is 0 Å². The third-order valence-electron chi connectivity index (χ3n) is 1.14. The Morgan fingerprint density at radius 3 is 1.60 bits per heavy atom. The Hall–Kier alpha value is -0.120. The molecule has 2 N–H and O–H groups in total. The molecule has 0 aromatic heterocycles. The number of hydrogen-bond acceptors (Lipinski definition) is 3. The third kappa shape index (κ3) is 7.88. The molecule has 0 aromatic carbocycles. The van der Waals surface area contributed by atoms with E-state index in [9.17, 15) is 0 Å². The second-order valence-electron chi connectivity index (χ2n) is 2.12. The summed E-state index contributed by atoms with van der Waals surface area (Å²) in [7, 11) is 0. The van der Waals surface area contributed by atoms with Crippen molar-refractivity contribution in [2.75, 3.05) is 26.4 Å². The highest BCUT2D eigenvalue weighted by atomic mass is 16.5. The molecule has 0 spiro atoms. The average molecular weight is 148 g/mol. The average Bonchev–Trinajstić information content (AvgIpc) is 2.44. The number of ether oxygens (including phenoxy) is 1. The number of rotatable bonds is 2. The van der Waals surface area contributed by atoms with Crippen molar-refractivity contribution in [3.8, 4) is 0 Å².